The van der Waals surface area contributed by atoms with E-state index in [9.17, 15) is 14.7 Å². The van der Waals surface area contributed by atoms with Crippen LogP contribution in [0.1, 0.15) is 40.8 Å². The number of carbonyl (C=O) groups is 2. The highest BCUT2D eigenvalue weighted by molar-refractivity contribution is 6.46. The van der Waals surface area contributed by atoms with Crippen molar-refractivity contribution in [3.63, 3.8) is 0 Å². The molecule has 0 unspecified atom stereocenters. The summed E-state index contributed by atoms with van der Waals surface area (Å²) in [4.78, 5) is 29.9. The zero-order chi connectivity index (χ0) is 26.5. The van der Waals surface area contributed by atoms with E-state index in [1.807, 2.05) is 80.5 Å². The molecular formula is C31H34N2O4. The van der Waals surface area contributed by atoms with Gasteiger partial charge in [0, 0.05) is 18.7 Å². The van der Waals surface area contributed by atoms with E-state index in [4.69, 9.17) is 4.74 Å². The number of ketones is 1. The van der Waals surface area contributed by atoms with Crippen LogP contribution in [-0.4, -0.2) is 53.8 Å². The van der Waals surface area contributed by atoms with Gasteiger partial charge in [-0.15, -0.1) is 0 Å². The molecule has 3 aromatic rings. The number of aliphatic hydroxyl groups excluding tert-OH is 1. The molecule has 0 aromatic heterocycles. The van der Waals surface area contributed by atoms with E-state index in [1.54, 1.807) is 23.1 Å². The summed E-state index contributed by atoms with van der Waals surface area (Å²) in [6.45, 7) is 5.38. The van der Waals surface area contributed by atoms with Crippen LogP contribution in [0.2, 0.25) is 0 Å². The number of Topliss-reactive ketones (excluding diaryl/α,β-unsaturated/α-hetero) is 1. The minimum Gasteiger partial charge on any atom is -0.507 e. The predicted molar refractivity (Wildman–Crippen MR) is 145 cm³/mol. The number of aryl methyl sites for hydroxylation is 2. The van der Waals surface area contributed by atoms with Crippen molar-refractivity contribution in [2.45, 2.75) is 32.9 Å². The number of likely N-dealkylation sites (tertiary alicyclic amines) is 1. The molecule has 6 heteroatoms. The van der Waals surface area contributed by atoms with Gasteiger partial charge in [-0.2, -0.15) is 0 Å². The van der Waals surface area contributed by atoms with Gasteiger partial charge in [0.2, 0.25) is 0 Å². The lowest BCUT2D eigenvalue weighted by Crippen LogP contribution is -2.35. The Morgan fingerprint density at radius 2 is 1.68 bits per heavy atom. The average molecular weight is 499 g/mol. The van der Waals surface area contributed by atoms with Crippen molar-refractivity contribution in [3.8, 4) is 5.75 Å². The van der Waals surface area contributed by atoms with Crippen molar-refractivity contribution in [3.05, 3.63) is 106 Å². The number of carbonyl (C=O) groups excluding carboxylic acids is 2. The second-order valence-corrected chi connectivity index (χ2v) is 9.65. The first-order valence-corrected chi connectivity index (χ1v) is 12.6. The Bertz CT molecular complexity index is 1300. The Hall–Kier alpha value is -3.90. The van der Waals surface area contributed by atoms with Crippen LogP contribution in [0.3, 0.4) is 0 Å². The third kappa shape index (κ3) is 5.75. The highest BCUT2D eigenvalue weighted by atomic mass is 16.5. The molecule has 1 amide bonds. The summed E-state index contributed by atoms with van der Waals surface area (Å²) in [7, 11) is 3.84. The first kappa shape index (κ1) is 26.2. The first-order chi connectivity index (χ1) is 17.8. The fourth-order valence-corrected chi connectivity index (χ4v) is 4.55. The molecule has 3 aromatic carbocycles. The molecule has 0 aliphatic carbocycles. The van der Waals surface area contributed by atoms with Crippen molar-refractivity contribution < 1.29 is 19.4 Å². The molecule has 192 valence electrons. The summed E-state index contributed by atoms with van der Waals surface area (Å²) in [5.41, 5.74) is 4.44. The molecule has 0 bridgehead atoms. The Morgan fingerprint density at radius 1 is 0.973 bits per heavy atom. The minimum absolute atomic E-state index is 0.116. The molecule has 0 saturated carbocycles. The van der Waals surface area contributed by atoms with Gasteiger partial charge in [-0.1, -0.05) is 61.5 Å². The largest absolute Gasteiger partial charge is 0.507 e. The lowest BCUT2D eigenvalue weighted by molar-refractivity contribution is -0.140. The molecule has 1 saturated heterocycles. The van der Waals surface area contributed by atoms with Crippen molar-refractivity contribution in [1.82, 2.24) is 9.80 Å². The number of ether oxygens (including phenoxy) is 1. The molecule has 37 heavy (non-hydrogen) atoms. The number of nitrogens with zero attached hydrogens (tertiary/aromatic N) is 2. The molecule has 6 nitrogen and oxygen atoms in total. The van der Waals surface area contributed by atoms with Crippen LogP contribution < -0.4 is 4.74 Å². The normalized spacial score (nSPS) is 17.0. The third-order valence-corrected chi connectivity index (χ3v) is 6.72. The Morgan fingerprint density at radius 3 is 2.30 bits per heavy atom. The maximum Gasteiger partial charge on any atom is 0.295 e. The molecular weight excluding hydrogens is 464 g/mol. The fourth-order valence-electron chi connectivity index (χ4n) is 4.55. The van der Waals surface area contributed by atoms with Crippen LogP contribution in [0.15, 0.2) is 78.4 Å². The van der Waals surface area contributed by atoms with Crippen molar-refractivity contribution in [2.24, 2.45) is 0 Å². The number of amides is 1. The van der Waals surface area contributed by atoms with Gasteiger partial charge in [-0.25, -0.2) is 0 Å². The number of aliphatic hydroxyl groups is 1. The summed E-state index contributed by atoms with van der Waals surface area (Å²) in [6, 6.07) is 22.4. The average Bonchev–Trinajstić information content (AvgIpc) is 3.16. The second-order valence-electron chi connectivity index (χ2n) is 9.65. The van der Waals surface area contributed by atoms with Gasteiger partial charge >= 0.3 is 0 Å². The molecule has 1 fully saturated rings. The highest BCUT2D eigenvalue weighted by Crippen LogP contribution is 2.39. The van der Waals surface area contributed by atoms with E-state index in [-0.39, 0.29) is 11.3 Å². The molecule has 1 aliphatic heterocycles. The third-order valence-electron chi connectivity index (χ3n) is 6.72. The number of hydrogen-bond acceptors (Lipinski definition) is 5. The van der Waals surface area contributed by atoms with Crippen molar-refractivity contribution in [1.29, 1.82) is 0 Å². The van der Waals surface area contributed by atoms with E-state index in [0.717, 1.165) is 28.7 Å². The van der Waals surface area contributed by atoms with E-state index in [2.05, 4.69) is 6.92 Å². The van der Waals surface area contributed by atoms with Crippen molar-refractivity contribution in [2.75, 3.05) is 27.2 Å². The Balaban J connectivity index is 1.69. The minimum atomic E-state index is -0.664. The van der Waals surface area contributed by atoms with Crippen LogP contribution in [0.25, 0.3) is 5.76 Å². The summed E-state index contributed by atoms with van der Waals surface area (Å²) < 4.78 is 5.97. The standard InChI is InChI=1S/C31H34N2O4/c1-5-22-11-13-24(14-12-22)28-27(30(35)31(36)33(28)18-17-32(3)4)29(34)25-15-16-26(21(2)19-25)37-20-23-9-7-6-8-10-23/h6-16,19,28,34H,5,17-18,20H2,1-4H3/b29-27+/t28-/m1/s1. The quantitative estimate of drug-likeness (QED) is 0.252. The van der Waals surface area contributed by atoms with Gasteiger partial charge < -0.3 is 19.6 Å². The van der Waals surface area contributed by atoms with E-state index < -0.39 is 17.7 Å². The summed E-state index contributed by atoms with van der Waals surface area (Å²) in [5, 5.41) is 11.4. The van der Waals surface area contributed by atoms with Crippen LogP contribution in [0.4, 0.5) is 0 Å². The summed E-state index contributed by atoms with van der Waals surface area (Å²) in [5.74, 6) is -0.734. The number of rotatable bonds is 9. The predicted octanol–water partition coefficient (Wildman–Crippen LogP) is 5.12. The SMILES string of the molecule is CCc1ccc([C@@H]2/C(=C(\O)c3ccc(OCc4ccccc4)c(C)c3)C(=O)C(=O)N2CCN(C)C)cc1. The molecule has 0 radical (unpaired) electrons. The molecule has 1 N–H and O–H groups in total. The maximum absolute atomic E-state index is 13.2. The van der Waals surface area contributed by atoms with Crippen LogP contribution >= 0.6 is 0 Å². The van der Waals surface area contributed by atoms with E-state index in [0.29, 0.717) is 31.0 Å². The molecule has 1 atom stereocenters. The monoisotopic (exact) mass is 498 g/mol. The molecule has 1 aliphatic rings. The first-order valence-electron chi connectivity index (χ1n) is 12.6. The van der Waals surface area contributed by atoms with Gasteiger partial charge in [-0.05, 0) is 67.9 Å². The van der Waals surface area contributed by atoms with Crippen molar-refractivity contribution >= 4 is 17.4 Å². The van der Waals surface area contributed by atoms with Crippen LogP contribution in [-0.2, 0) is 22.6 Å². The lowest BCUT2D eigenvalue weighted by atomic mass is 9.94. The number of benzene rings is 3. The van der Waals surface area contributed by atoms with Gasteiger partial charge in [0.05, 0.1) is 11.6 Å². The molecule has 1 heterocycles. The second kappa shape index (κ2) is 11.4. The van der Waals surface area contributed by atoms with E-state index in [1.165, 1.54) is 0 Å². The van der Waals surface area contributed by atoms with Gasteiger partial charge in [0.25, 0.3) is 11.7 Å². The smallest absolute Gasteiger partial charge is 0.295 e. The van der Waals surface area contributed by atoms with Gasteiger partial charge in [0.15, 0.2) is 0 Å². The van der Waals surface area contributed by atoms with Crippen LogP contribution in [0.5, 0.6) is 5.75 Å². The molecule has 4 rings (SSSR count). The Kier molecular flexibility index (Phi) is 8.09. The van der Waals surface area contributed by atoms with Crippen LogP contribution in [0, 0.1) is 6.92 Å². The summed E-state index contributed by atoms with van der Waals surface area (Å²) >= 11 is 0. The molecule has 0 spiro atoms. The number of likely N-dealkylation sites (N-methyl/N-ethyl adjacent to an activating group) is 1. The topological polar surface area (TPSA) is 70.1 Å². The maximum atomic E-state index is 13.2. The summed E-state index contributed by atoms with van der Waals surface area (Å²) in [6.07, 6.45) is 0.888. The zero-order valence-electron chi connectivity index (χ0n) is 21.9. The Labute approximate surface area is 218 Å². The van der Waals surface area contributed by atoms with Gasteiger partial charge in [0.1, 0.15) is 18.1 Å². The van der Waals surface area contributed by atoms with Gasteiger partial charge in [-0.3, -0.25) is 9.59 Å². The number of hydrogen-bond donors (Lipinski definition) is 1. The van der Waals surface area contributed by atoms with E-state index >= 15 is 0 Å². The highest BCUT2D eigenvalue weighted by Gasteiger charge is 2.45. The lowest BCUT2D eigenvalue weighted by Gasteiger charge is -2.26. The fraction of sp³-hybridized carbons (Fsp3) is 0.290. The zero-order valence-corrected chi connectivity index (χ0v) is 21.9.